The molecule has 24 heavy (non-hydrogen) atoms. The Labute approximate surface area is 145 Å². The van der Waals surface area contributed by atoms with E-state index in [0.29, 0.717) is 38.7 Å². The number of hydrogen-bond acceptors (Lipinski definition) is 4. The van der Waals surface area contributed by atoms with Gasteiger partial charge in [0.25, 0.3) is 0 Å². The van der Waals surface area contributed by atoms with Gasteiger partial charge in [-0.2, -0.15) is 0 Å². The van der Waals surface area contributed by atoms with Crippen LogP contribution in [-0.4, -0.2) is 92.2 Å². The van der Waals surface area contributed by atoms with Crippen molar-refractivity contribution in [1.29, 1.82) is 0 Å². The van der Waals surface area contributed by atoms with Gasteiger partial charge < -0.3 is 19.9 Å². The van der Waals surface area contributed by atoms with Crippen molar-refractivity contribution in [3.05, 3.63) is 0 Å². The van der Waals surface area contributed by atoms with E-state index in [4.69, 9.17) is 4.74 Å². The number of fused-ring (bicyclic) bond motifs is 1. The van der Waals surface area contributed by atoms with Crippen LogP contribution in [0.3, 0.4) is 0 Å². The molecule has 0 radical (unpaired) electrons. The van der Waals surface area contributed by atoms with Crippen LogP contribution in [0.15, 0.2) is 0 Å². The molecular formula is C17H32N4O3. The number of rotatable bonds is 6. The molecule has 2 saturated heterocycles. The van der Waals surface area contributed by atoms with Crippen molar-refractivity contribution in [2.24, 2.45) is 5.92 Å². The maximum Gasteiger partial charge on any atom is 0.317 e. The molecule has 0 saturated carbocycles. The normalized spacial score (nSPS) is 22.5. The summed E-state index contributed by atoms with van der Waals surface area (Å²) in [7, 11) is 1.65. The summed E-state index contributed by atoms with van der Waals surface area (Å²) in [6.45, 7) is 9.86. The van der Waals surface area contributed by atoms with Crippen LogP contribution in [0.1, 0.15) is 26.7 Å². The van der Waals surface area contributed by atoms with Gasteiger partial charge in [-0.25, -0.2) is 4.79 Å². The molecule has 0 aliphatic carbocycles. The molecule has 0 aromatic heterocycles. The third kappa shape index (κ3) is 5.08. The Kier molecular flexibility index (Phi) is 7.30. The van der Waals surface area contributed by atoms with E-state index in [1.807, 2.05) is 9.80 Å². The van der Waals surface area contributed by atoms with Crippen LogP contribution in [-0.2, 0) is 9.53 Å². The van der Waals surface area contributed by atoms with Crippen molar-refractivity contribution < 1.29 is 14.3 Å². The van der Waals surface area contributed by atoms with E-state index in [1.54, 1.807) is 7.11 Å². The largest absolute Gasteiger partial charge is 0.383 e. The third-order valence-corrected chi connectivity index (χ3v) is 4.81. The summed E-state index contributed by atoms with van der Waals surface area (Å²) in [5.74, 6) is 0.694. The fourth-order valence-corrected chi connectivity index (χ4v) is 3.30. The van der Waals surface area contributed by atoms with E-state index >= 15 is 0 Å². The predicted molar refractivity (Wildman–Crippen MR) is 92.9 cm³/mol. The molecule has 0 aromatic carbocycles. The maximum atomic E-state index is 12.8. The van der Waals surface area contributed by atoms with Gasteiger partial charge in [-0.3, -0.25) is 9.69 Å². The second-order valence-corrected chi connectivity index (χ2v) is 7.08. The van der Waals surface area contributed by atoms with Crippen molar-refractivity contribution in [3.8, 4) is 0 Å². The Morgan fingerprint density at radius 1 is 1.29 bits per heavy atom. The molecule has 2 heterocycles. The molecule has 1 atom stereocenters. The Hall–Kier alpha value is -1.34. The summed E-state index contributed by atoms with van der Waals surface area (Å²) in [6.07, 6.45) is 1.89. The lowest BCUT2D eigenvalue weighted by atomic mass is 10.1. The molecule has 2 aliphatic rings. The molecule has 3 amide bonds. The Morgan fingerprint density at radius 3 is 2.79 bits per heavy atom. The first kappa shape index (κ1) is 19.0. The van der Waals surface area contributed by atoms with E-state index in [9.17, 15) is 9.59 Å². The molecule has 7 heteroatoms. The van der Waals surface area contributed by atoms with Gasteiger partial charge in [-0.05, 0) is 18.8 Å². The maximum absolute atomic E-state index is 12.8. The number of ether oxygens (including phenoxy) is 1. The van der Waals surface area contributed by atoms with E-state index in [2.05, 4.69) is 24.1 Å². The number of amides is 3. The standard InChI is InChI=1S/C17H32N4O3/c1-14(2)5-6-18-17(23)21-8-4-7-19-9-10-20(11-12-24-3)16(22)15(19)13-21/h14-15H,4-13H2,1-3H3,(H,18,23). The second kappa shape index (κ2) is 9.22. The predicted octanol–water partition coefficient (Wildman–Crippen LogP) is 0.607. The van der Waals surface area contributed by atoms with Crippen molar-refractivity contribution in [3.63, 3.8) is 0 Å². The first-order chi connectivity index (χ1) is 11.5. The Bertz CT molecular complexity index is 430. The van der Waals surface area contributed by atoms with Gasteiger partial charge in [0, 0.05) is 52.9 Å². The summed E-state index contributed by atoms with van der Waals surface area (Å²) >= 11 is 0. The number of carbonyl (C=O) groups excluding carboxylic acids is 2. The Balaban J connectivity index is 1.93. The zero-order chi connectivity index (χ0) is 17.5. The lowest BCUT2D eigenvalue weighted by molar-refractivity contribution is -0.142. The van der Waals surface area contributed by atoms with E-state index in [0.717, 1.165) is 32.5 Å². The van der Waals surface area contributed by atoms with E-state index in [-0.39, 0.29) is 18.0 Å². The molecule has 7 nitrogen and oxygen atoms in total. The number of nitrogens with zero attached hydrogens (tertiary/aromatic N) is 3. The van der Waals surface area contributed by atoms with Gasteiger partial charge in [0.1, 0.15) is 6.04 Å². The molecule has 138 valence electrons. The SMILES string of the molecule is COCCN1CCN2CCCN(C(=O)NCCC(C)C)CC2C1=O. The minimum absolute atomic E-state index is 0.0423. The molecule has 2 rings (SSSR count). The average Bonchev–Trinajstić information content (AvgIpc) is 2.77. The minimum atomic E-state index is -0.214. The molecule has 0 spiro atoms. The number of piperazine rings is 1. The first-order valence-corrected chi connectivity index (χ1v) is 9.07. The van der Waals surface area contributed by atoms with Gasteiger partial charge in [0.2, 0.25) is 5.91 Å². The highest BCUT2D eigenvalue weighted by atomic mass is 16.5. The van der Waals surface area contributed by atoms with Gasteiger partial charge in [0.15, 0.2) is 0 Å². The van der Waals surface area contributed by atoms with Crippen LogP contribution in [0.5, 0.6) is 0 Å². The van der Waals surface area contributed by atoms with Crippen LogP contribution in [0.2, 0.25) is 0 Å². The number of urea groups is 1. The van der Waals surface area contributed by atoms with Crippen molar-refractivity contribution in [1.82, 2.24) is 20.0 Å². The third-order valence-electron chi connectivity index (χ3n) is 4.81. The molecule has 2 aliphatic heterocycles. The number of hydrogen-bond donors (Lipinski definition) is 1. The summed E-state index contributed by atoms with van der Waals surface area (Å²) < 4.78 is 5.09. The first-order valence-electron chi connectivity index (χ1n) is 9.07. The van der Waals surface area contributed by atoms with Crippen LogP contribution < -0.4 is 5.32 Å². The highest BCUT2D eigenvalue weighted by molar-refractivity contribution is 5.84. The van der Waals surface area contributed by atoms with Crippen molar-refractivity contribution in [2.45, 2.75) is 32.7 Å². The van der Waals surface area contributed by atoms with Crippen molar-refractivity contribution in [2.75, 3.05) is 59.5 Å². The van der Waals surface area contributed by atoms with Crippen LogP contribution in [0, 0.1) is 5.92 Å². The van der Waals surface area contributed by atoms with Crippen molar-refractivity contribution >= 4 is 11.9 Å². The zero-order valence-corrected chi connectivity index (χ0v) is 15.3. The van der Waals surface area contributed by atoms with Crippen LogP contribution in [0.4, 0.5) is 4.79 Å². The minimum Gasteiger partial charge on any atom is -0.383 e. The fraction of sp³-hybridized carbons (Fsp3) is 0.882. The van der Waals surface area contributed by atoms with Crippen LogP contribution >= 0.6 is 0 Å². The molecule has 0 aromatic rings. The smallest absolute Gasteiger partial charge is 0.317 e. The van der Waals surface area contributed by atoms with Gasteiger partial charge in [-0.1, -0.05) is 13.8 Å². The van der Waals surface area contributed by atoms with Gasteiger partial charge >= 0.3 is 6.03 Å². The molecule has 0 bridgehead atoms. The fourth-order valence-electron chi connectivity index (χ4n) is 3.30. The highest BCUT2D eigenvalue weighted by Gasteiger charge is 2.37. The molecule has 1 N–H and O–H groups in total. The monoisotopic (exact) mass is 340 g/mol. The summed E-state index contributed by atoms with van der Waals surface area (Å²) in [5.41, 5.74) is 0. The van der Waals surface area contributed by atoms with Crippen LogP contribution in [0.25, 0.3) is 0 Å². The molecule has 2 fully saturated rings. The number of nitrogens with one attached hydrogen (secondary N) is 1. The highest BCUT2D eigenvalue weighted by Crippen LogP contribution is 2.17. The van der Waals surface area contributed by atoms with E-state index < -0.39 is 0 Å². The molecule has 1 unspecified atom stereocenters. The molecular weight excluding hydrogens is 308 g/mol. The second-order valence-electron chi connectivity index (χ2n) is 7.08. The summed E-state index contributed by atoms with van der Waals surface area (Å²) in [6, 6.07) is -0.256. The summed E-state index contributed by atoms with van der Waals surface area (Å²) in [5, 5.41) is 2.99. The lowest BCUT2D eigenvalue weighted by Gasteiger charge is -2.40. The van der Waals surface area contributed by atoms with E-state index in [1.165, 1.54) is 0 Å². The van der Waals surface area contributed by atoms with Gasteiger partial charge in [-0.15, -0.1) is 0 Å². The number of carbonyl (C=O) groups is 2. The van der Waals surface area contributed by atoms with Gasteiger partial charge in [0.05, 0.1) is 6.61 Å². The average molecular weight is 340 g/mol. The Morgan fingerprint density at radius 2 is 2.08 bits per heavy atom. The number of methoxy groups -OCH3 is 1. The lowest BCUT2D eigenvalue weighted by Crippen LogP contribution is -2.60. The zero-order valence-electron chi connectivity index (χ0n) is 15.3. The summed E-state index contributed by atoms with van der Waals surface area (Å²) in [4.78, 5) is 31.1. The quantitative estimate of drug-likeness (QED) is 0.769. The topological polar surface area (TPSA) is 65.1 Å².